The van der Waals surface area contributed by atoms with Gasteiger partial charge in [-0.15, -0.1) is 0 Å². The molecule has 46 heavy (non-hydrogen) atoms. The molecule has 0 fully saturated rings. The van der Waals surface area contributed by atoms with Gasteiger partial charge in [0.25, 0.3) is 0 Å². The van der Waals surface area contributed by atoms with Gasteiger partial charge >= 0.3 is 0 Å². The Kier molecular flexibility index (Phi) is 5.88. The zero-order valence-corrected chi connectivity index (χ0v) is 26.1. The van der Waals surface area contributed by atoms with Gasteiger partial charge in [0.2, 0.25) is 0 Å². The lowest BCUT2D eigenvalue weighted by atomic mass is 9.74. The van der Waals surface area contributed by atoms with Gasteiger partial charge in [-0.2, -0.15) is 0 Å². The Bertz CT molecular complexity index is 2300. The molecular weight excluding hydrogens is 553 g/mol. The highest BCUT2D eigenvalue weighted by atomic mass is 14.3. The highest BCUT2D eigenvalue weighted by Gasteiger charge is 2.27. The van der Waals surface area contributed by atoms with Crippen molar-refractivity contribution in [3.05, 3.63) is 178 Å². The molecule has 2 unspecified atom stereocenters. The van der Waals surface area contributed by atoms with Crippen LogP contribution in [0.2, 0.25) is 0 Å². The van der Waals surface area contributed by atoms with Crippen LogP contribution in [0.5, 0.6) is 0 Å². The van der Waals surface area contributed by atoms with Crippen LogP contribution in [-0.4, -0.2) is 0 Å². The summed E-state index contributed by atoms with van der Waals surface area (Å²) in [6.07, 6.45) is 33.3. The number of hydrogen-bond acceptors (Lipinski definition) is 0. The Morgan fingerprint density at radius 2 is 1.57 bits per heavy atom. The molecule has 0 N–H and O–H groups in total. The molecule has 0 aliphatic heterocycles. The average molecular weight is 589 g/mol. The second kappa shape index (κ2) is 10.3. The van der Waals surface area contributed by atoms with Gasteiger partial charge in [0.1, 0.15) is 0 Å². The summed E-state index contributed by atoms with van der Waals surface area (Å²) < 4.78 is 0. The molecule has 0 aromatic heterocycles. The highest BCUT2D eigenvalue weighted by molar-refractivity contribution is 5.99. The predicted molar refractivity (Wildman–Crippen MR) is 196 cm³/mol. The fourth-order valence-electron chi connectivity index (χ4n) is 8.91. The predicted octanol–water partition coefficient (Wildman–Crippen LogP) is 11.9. The Labute approximate surface area is 271 Å². The van der Waals surface area contributed by atoms with Crippen molar-refractivity contribution < 1.29 is 0 Å². The third kappa shape index (κ3) is 4.13. The van der Waals surface area contributed by atoms with E-state index in [1.165, 1.54) is 90.9 Å². The Hall–Kier alpha value is -4.94. The van der Waals surface area contributed by atoms with Crippen molar-refractivity contribution in [1.29, 1.82) is 0 Å². The molecule has 6 aliphatic carbocycles. The standard InChI is InChI=1S/C46H36/c1-3-7-39-30(5-1)13-21-45-41-19-15-34(25-36(41)17-23-43(39)45)32-11-9-29-10-12-33(28-38(29)27-32)35-16-20-42-37(26-35)18-24-44-40-8-4-2-6-31(40)14-22-46(42)44/h1-3,5-7,9,11-13,15-21,23-24,26-29,36H,4,8,10,14,22,25H2. The second-order valence-corrected chi connectivity index (χ2v) is 13.8. The van der Waals surface area contributed by atoms with Crippen molar-refractivity contribution in [2.24, 2.45) is 11.8 Å². The van der Waals surface area contributed by atoms with Crippen LogP contribution in [0.25, 0.3) is 44.3 Å². The molecule has 6 aliphatic rings. The van der Waals surface area contributed by atoms with E-state index >= 15 is 0 Å². The third-order valence-corrected chi connectivity index (χ3v) is 11.3. The van der Waals surface area contributed by atoms with Crippen LogP contribution < -0.4 is 0 Å². The fraction of sp³-hybridized carbons (Fsp3) is 0.174. The molecule has 0 heterocycles. The van der Waals surface area contributed by atoms with E-state index < -0.39 is 0 Å². The van der Waals surface area contributed by atoms with Gasteiger partial charge in [0.05, 0.1) is 0 Å². The summed E-state index contributed by atoms with van der Waals surface area (Å²) >= 11 is 0. The molecule has 4 aromatic rings. The summed E-state index contributed by atoms with van der Waals surface area (Å²) in [6, 6.07) is 25.3. The van der Waals surface area contributed by atoms with E-state index in [1.54, 1.807) is 16.7 Å². The fourth-order valence-corrected chi connectivity index (χ4v) is 8.91. The molecule has 10 rings (SSSR count). The molecule has 220 valence electrons. The van der Waals surface area contributed by atoms with Crippen molar-refractivity contribution in [2.45, 2.75) is 38.5 Å². The van der Waals surface area contributed by atoms with Crippen LogP contribution in [0.4, 0.5) is 0 Å². The smallest absolute Gasteiger partial charge is 0.00680 e. The number of allylic oxidation sites excluding steroid dienone is 17. The molecule has 0 spiro atoms. The van der Waals surface area contributed by atoms with Crippen molar-refractivity contribution >= 4 is 44.3 Å². The molecular formula is C46H36. The average Bonchev–Trinajstić information content (AvgIpc) is 3.13. The van der Waals surface area contributed by atoms with Crippen molar-refractivity contribution in [1.82, 2.24) is 0 Å². The zero-order chi connectivity index (χ0) is 30.2. The summed E-state index contributed by atoms with van der Waals surface area (Å²) in [4.78, 5) is 0. The number of hydrogen-bond donors (Lipinski definition) is 0. The number of fused-ring (bicyclic) bond motifs is 10. The maximum absolute atomic E-state index is 2.47. The minimum Gasteiger partial charge on any atom is -0.0839 e. The monoisotopic (exact) mass is 588 g/mol. The van der Waals surface area contributed by atoms with Crippen LogP contribution in [0.1, 0.15) is 59.9 Å². The van der Waals surface area contributed by atoms with Crippen LogP contribution in [0, 0.1) is 11.8 Å². The lowest BCUT2D eigenvalue weighted by Crippen LogP contribution is -2.13. The first-order valence-electron chi connectivity index (χ1n) is 17.1. The van der Waals surface area contributed by atoms with Gasteiger partial charge in [0, 0.05) is 11.8 Å². The Morgan fingerprint density at radius 3 is 2.57 bits per heavy atom. The van der Waals surface area contributed by atoms with Gasteiger partial charge in [-0.3, -0.25) is 0 Å². The highest BCUT2D eigenvalue weighted by Crippen LogP contribution is 2.45. The van der Waals surface area contributed by atoms with Crippen LogP contribution in [0.15, 0.2) is 150 Å². The van der Waals surface area contributed by atoms with Gasteiger partial charge < -0.3 is 0 Å². The third-order valence-electron chi connectivity index (χ3n) is 11.3. The maximum Gasteiger partial charge on any atom is 0.00680 e. The van der Waals surface area contributed by atoms with Crippen LogP contribution >= 0.6 is 0 Å². The number of aryl methyl sites for hydroxylation is 1. The lowest BCUT2D eigenvalue weighted by Gasteiger charge is -2.30. The Morgan fingerprint density at radius 1 is 0.652 bits per heavy atom. The van der Waals surface area contributed by atoms with Crippen LogP contribution in [-0.2, 0) is 6.42 Å². The molecule has 0 bridgehead atoms. The van der Waals surface area contributed by atoms with Gasteiger partial charge in [-0.1, -0.05) is 127 Å². The van der Waals surface area contributed by atoms with E-state index in [1.807, 2.05) is 0 Å². The van der Waals surface area contributed by atoms with Gasteiger partial charge in [-0.05, 0) is 133 Å². The normalized spacial score (nSPS) is 22.6. The quantitative estimate of drug-likeness (QED) is 0.218. The topological polar surface area (TPSA) is 0 Å². The van der Waals surface area contributed by atoms with E-state index in [0.29, 0.717) is 11.8 Å². The zero-order valence-electron chi connectivity index (χ0n) is 26.1. The minimum atomic E-state index is 0.428. The summed E-state index contributed by atoms with van der Waals surface area (Å²) in [5, 5.41) is 5.48. The van der Waals surface area contributed by atoms with E-state index in [-0.39, 0.29) is 0 Å². The van der Waals surface area contributed by atoms with Crippen LogP contribution in [0.3, 0.4) is 0 Å². The molecule has 0 saturated heterocycles. The molecule has 0 amide bonds. The molecule has 4 aromatic carbocycles. The summed E-state index contributed by atoms with van der Waals surface area (Å²) in [5.41, 5.74) is 17.4. The lowest BCUT2D eigenvalue weighted by molar-refractivity contribution is 0.771. The molecule has 2 atom stereocenters. The molecule has 0 saturated carbocycles. The summed E-state index contributed by atoms with van der Waals surface area (Å²) in [5.74, 6) is 0.897. The number of benzene rings is 4. The van der Waals surface area contributed by atoms with Crippen molar-refractivity contribution in [3.63, 3.8) is 0 Å². The van der Waals surface area contributed by atoms with Gasteiger partial charge in [-0.25, -0.2) is 0 Å². The first-order valence-corrected chi connectivity index (χ1v) is 17.1. The van der Waals surface area contributed by atoms with E-state index in [4.69, 9.17) is 0 Å². The maximum atomic E-state index is 2.47. The van der Waals surface area contributed by atoms with E-state index in [9.17, 15) is 0 Å². The molecule has 0 nitrogen and oxygen atoms in total. The first kappa shape index (κ1) is 26.3. The second-order valence-electron chi connectivity index (χ2n) is 13.8. The largest absolute Gasteiger partial charge is 0.0839 e. The molecule has 0 heteroatoms. The minimum absolute atomic E-state index is 0.428. The SMILES string of the molecule is C1=CC2=C(CC1)c1ccc3cc(C4=CCC5C=CC(C6=CC=C7c8ccc9ccccc9c8C=CC7C6)=CC5=C4)ccc3c1CC2. The number of rotatable bonds is 2. The van der Waals surface area contributed by atoms with Crippen molar-refractivity contribution in [2.75, 3.05) is 0 Å². The first-order chi connectivity index (χ1) is 22.8. The van der Waals surface area contributed by atoms with E-state index in [0.717, 1.165) is 19.3 Å². The Balaban J connectivity index is 0.956. The van der Waals surface area contributed by atoms with E-state index in [2.05, 4.69) is 134 Å². The van der Waals surface area contributed by atoms with Crippen molar-refractivity contribution in [3.8, 4) is 0 Å². The summed E-state index contributed by atoms with van der Waals surface area (Å²) in [7, 11) is 0. The molecule has 0 radical (unpaired) electrons. The summed E-state index contributed by atoms with van der Waals surface area (Å²) in [6.45, 7) is 0. The van der Waals surface area contributed by atoms with Gasteiger partial charge in [0.15, 0.2) is 0 Å².